The number of carboxylic acid groups (broad SMARTS) is 1. The highest BCUT2D eigenvalue weighted by Gasteiger charge is 2.37. The molecule has 1 heterocycles. The molecule has 10 nitrogen and oxygen atoms in total. The van der Waals surface area contributed by atoms with Crippen molar-refractivity contribution in [2.75, 3.05) is 31.0 Å². The van der Waals surface area contributed by atoms with Gasteiger partial charge in [0.2, 0.25) is 5.91 Å². The Morgan fingerprint density at radius 1 is 0.830 bits per heavy atom. The molecular formula is C36H36ClN3O7. The second kappa shape index (κ2) is 16.0. The minimum absolute atomic E-state index is 0.0860. The third kappa shape index (κ3) is 9.02. The van der Waals surface area contributed by atoms with Gasteiger partial charge in [0.15, 0.2) is 0 Å². The number of nitrogens with one attached hydrogen (secondary N) is 2. The van der Waals surface area contributed by atoms with E-state index in [-0.39, 0.29) is 36.6 Å². The van der Waals surface area contributed by atoms with E-state index in [1.807, 2.05) is 35.2 Å². The smallest absolute Gasteiger partial charge is 0.335 e. The number of carboxylic acids is 1. The number of para-hydroxylation sites is 1. The lowest BCUT2D eigenvalue weighted by atomic mass is 10.1. The average Bonchev–Trinajstić information content (AvgIpc) is 3.49. The van der Waals surface area contributed by atoms with Gasteiger partial charge in [-0.3, -0.25) is 4.79 Å². The van der Waals surface area contributed by atoms with E-state index in [4.69, 9.17) is 25.8 Å². The molecule has 1 aliphatic rings. The van der Waals surface area contributed by atoms with Crippen LogP contribution in [0.2, 0.25) is 5.02 Å². The normalized spacial score (nSPS) is 15.6. The van der Waals surface area contributed by atoms with E-state index in [9.17, 15) is 19.5 Å². The lowest BCUT2D eigenvalue weighted by Crippen LogP contribution is -2.46. The zero-order valence-corrected chi connectivity index (χ0v) is 26.6. The Morgan fingerprint density at radius 3 is 2.30 bits per heavy atom. The number of anilines is 2. The predicted molar refractivity (Wildman–Crippen MR) is 179 cm³/mol. The number of methoxy groups -OCH3 is 1. The molecule has 3 amide bonds. The number of halogens is 1. The molecule has 2 unspecified atom stereocenters. The fourth-order valence-corrected chi connectivity index (χ4v) is 5.73. The van der Waals surface area contributed by atoms with Crippen LogP contribution in [0.4, 0.5) is 16.2 Å². The Bertz CT molecular complexity index is 1700. The zero-order valence-electron chi connectivity index (χ0n) is 25.9. The highest BCUT2D eigenvalue weighted by Crippen LogP contribution is 2.30. The first-order valence-corrected chi connectivity index (χ1v) is 15.6. The van der Waals surface area contributed by atoms with Gasteiger partial charge in [0.05, 0.1) is 60.8 Å². The monoisotopic (exact) mass is 657 g/mol. The van der Waals surface area contributed by atoms with E-state index in [1.165, 1.54) is 19.2 Å². The number of rotatable bonds is 13. The molecule has 47 heavy (non-hydrogen) atoms. The van der Waals surface area contributed by atoms with Crippen LogP contribution in [0.3, 0.4) is 0 Å². The molecule has 0 aromatic heterocycles. The number of carbonyl (C=O) groups is 3. The second-order valence-corrected chi connectivity index (χ2v) is 11.5. The van der Waals surface area contributed by atoms with Crippen molar-refractivity contribution in [1.82, 2.24) is 4.90 Å². The first-order chi connectivity index (χ1) is 22.8. The molecule has 0 saturated carbocycles. The summed E-state index contributed by atoms with van der Waals surface area (Å²) >= 11 is 6.16. The van der Waals surface area contributed by atoms with Gasteiger partial charge >= 0.3 is 12.0 Å². The van der Waals surface area contributed by atoms with Crippen molar-refractivity contribution in [3.8, 4) is 11.5 Å². The van der Waals surface area contributed by atoms with Crippen molar-refractivity contribution in [3.05, 3.63) is 119 Å². The summed E-state index contributed by atoms with van der Waals surface area (Å²) in [5.41, 5.74) is 2.77. The Labute approximate surface area is 278 Å². The van der Waals surface area contributed by atoms with Gasteiger partial charge in [-0.05, 0) is 66.4 Å². The van der Waals surface area contributed by atoms with E-state index >= 15 is 0 Å². The van der Waals surface area contributed by atoms with Crippen LogP contribution in [-0.4, -0.2) is 60.3 Å². The lowest BCUT2D eigenvalue weighted by molar-refractivity contribution is -0.135. The number of benzene rings is 4. The Morgan fingerprint density at radius 2 is 1.55 bits per heavy atom. The molecule has 0 radical (unpaired) electrons. The fraction of sp³-hybridized carbons (Fsp3) is 0.250. The number of hydrogen-bond donors (Lipinski definition) is 3. The number of urea groups is 1. The van der Waals surface area contributed by atoms with Crippen LogP contribution in [0.5, 0.6) is 11.5 Å². The van der Waals surface area contributed by atoms with Crippen molar-refractivity contribution in [3.63, 3.8) is 0 Å². The molecule has 3 N–H and O–H groups in total. The maximum atomic E-state index is 13.9. The number of likely N-dealkylation sites (tertiary alicyclic amines) is 1. The number of amides is 3. The van der Waals surface area contributed by atoms with Crippen molar-refractivity contribution < 1.29 is 33.7 Å². The highest BCUT2D eigenvalue weighted by molar-refractivity contribution is 6.33. The summed E-state index contributed by atoms with van der Waals surface area (Å²) in [6, 6.07) is 27.3. The summed E-state index contributed by atoms with van der Waals surface area (Å²) in [5, 5.41) is 15.2. The van der Waals surface area contributed by atoms with Crippen molar-refractivity contribution in [2.24, 2.45) is 0 Å². The first kappa shape index (κ1) is 33.3. The molecule has 1 aliphatic heterocycles. The van der Waals surface area contributed by atoms with Crippen LogP contribution in [0, 0.1) is 0 Å². The molecule has 2 atom stereocenters. The van der Waals surface area contributed by atoms with E-state index in [2.05, 4.69) is 10.6 Å². The van der Waals surface area contributed by atoms with E-state index in [0.717, 1.165) is 12.0 Å². The topological polar surface area (TPSA) is 126 Å². The third-order valence-electron chi connectivity index (χ3n) is 7.84. The third-order valence-corrected chi connectivity index (χ3v) is 8.17. The largest absolute Gasteiger partial charge is 0.495 e. The number of ether oxygens (including phenoxy) is 3. The van der Waals surface area contributed by atoms with Crippen LogP contribution < -0.4 is 20.1 Å². The molecule has 1 fully saturated rings. The summed E-state index contributed by atoms with van der Waals surface area (Å²) in [6.45, 7) is 0.993. The van der Waals surface area contributed by atoms with Crippen LogP contribution in [0.25, 0.3) is 0 Å². The minimum atomic E-state index is -1.04. The molecule has 4 aromatic rings. The Hall–Kier alpha value is -5.06. The standard InChI is InChI=1S/C36H36ClN3O7/c1-45-33-18-25(14-17-32(33)39-36(44)38-31-13-6-5-12-30(31)37)19-34(41)40-27(22-46-21-24-8-3-2-4-9-24)15-16-28(40)23-47-29-11-7-10-26(20-29)35(42)43/h2-14,17-18,20,27-28H,15-16,19,21-23H2,1H3,(H,42,43)(H2,38,39,44). The first-order valence-electron chi connectivity index (χ1n) is 15.2. The van der Waals surface area contributed by atoms with Crippen molar-refractivity contribution in [1.29, 1.82) is 0 Å². The minimum Gasteiger partial charge on any atom is -0.495 e. The average molecular weight is 658 g/mol. The van der Waals surface area contributed by atoms with Crippen LogP contribution >= 0.6 is 11.6 Å². The molecule has 5 rings (SSSR count). The van der Waals surface area contributed by atoms with Crippen molar-refractivity contribution >= 4 is 40.9 Å². The van der Waals surface area contributed by atoms with Gasteiger partial charge in [-0.25, -0.2) is 9.59 Å². The quantitative estimate of drug-likeness (QED) is 0.143. The van der Waals surface area contributed by atoms with Gasteiger partial charge in [-0.2, -0.15) is 0 Å². The highest BCUT2D eigenvalue weighted by atomic mass is 35.5. The van der Waals surface area contributed by atoms with E-state index in [1.54, 1.807) is 54.6 Å². The summed E-state index contributed by atoms with van der Waals surface area (Å²) in [6.07, 6.45) is 1.52. The summed E-state index contributed by atoms with van der Waals surface area (Å²) in [4.78, 5) is 39.8. The molecule has 0 spiro atoms. The van der Waals surface area contributed by atoms with E-state index < -0.39 is 12.0 Å². The molecule has 0 bridgehead atoms. The zero-order chi connectivity index (χ0) is 33.2. The Balaban J connectivity index is 1.27. The van der Waals surface area contributed by atoms with Gasteiger partial charge in [0.1, 0.15) is 18.1 Å². The van der Waals surface area contributed by atoms with E-state index in [0.29, 0.717) is 53.1 Å². The number of nitrogens with zero attached hydrogens (tertiary/aromatic N) is 1. The maximum absolute atomic E-state index is 13.9. The van der Waals surface area contributed by atoms with Crippen LogP contribution in [0.15, 0.2) is 97.1 Å². The molecular weight excluding hydrogens is 622 g/mol. The molecule has 11 heteroatoms. The summed E-state index contributed by atoms with van der Waals surface area (Å²) < 4.78 is 17.6. The summed E-state index contributed by atoms with van der Waals surface area (Å²) in [7, 11) is 1.49. The molecule has 244 valence electrons. The lowest BCUT2D eigenvalue weighted by Gasteiger charge is -2.30. The molecule has 4 aromatic carbocycles. The van der Waals surface area contributed by atoms with Crippen LogP contribution in [0.1, 0.15) is 34.3 Å². The number of carbonyl (C=O) groups excluding carboxylic acids is 2. The van der Waals surface area contributed by atoms with Gasteiger partial charge < -0.3 is 34.9 Å². The molecule has 1 saturated heterocycles. The second-order valence-electron chi connectivity index (χ2n) is 11.1. The predicted octanol–water partition coefficient (Wildman–Crippen LogP) is 6.89. The van der Waals surface area contributed by atoms with Crippen molar-refractivity contribution in [2.45, 2.75) is 38.0 Å². The summed E-state index contributed by atoms with van der Waals surface area (Å²) in [5.74, 6) is -0.330. The van der Waals surface area contributed by atoms with Gasteiger partial charge in [0, 0.05) is 0 Å². The number of aromatic carboxylic acids is 1. The number of hydrogen-bond acceptors (Lipinski definition) is 6. The van der Waals surface area contributed by atoms with Gasteiger partial charge in [0.25, 0.3) is 0 Å². The molecule has 0 aliphatic carbocycles. The fourth-order valence-electron chi connectivity index (χ4n) is 5.55. The van der Waals surface area contributed by atoms with Gasteiger partial charge in [-0.15, -0.1) is 0 Å². The maximum Gasteiger partial charge on any atom is 0.335 e. The van der Waals surface area contributed by atoms with Crippen LogP contribution in [-0.2, 0) is 22.6 Å². The Kier molecular flexibility index (Phi) is 11.3. The SMILES string of the molecule is COc1cc(CC(=O)N2C(COCc3ccccc3)CCC2COc2cccc(C(=O)O)c2)ccc1NC(=O)Nc1ccccc1Cl. The van der Waals surface area contributed by atoms with Gasteiger partial charge in [-0.1, -0.05) is 66.2 Å².